The number of benzene rings is 1. The third kappa shape index (κ3) is 5.29. The molecule has 1 atom stereocenters. The van der Waals surface area contributed by atoms with Crippen molar-refractivity contribution in [3.63, 3.8) is 0 Å². The Morgan fingerprint density at radius 1 is 1.14 bits per heavy atom. The monoisotopic (exact) mass is 404 g/mol. The van der Waals surface area contributed by atoms with E-state index in [0.717, 1.165) is 43.4 Å². The molecule has 0 saturated carbocycles. The van der Waals surface area contributed by atoms with Gasteiger partial charge in [-0.1, -0.05) is 26.7 Å². The van der Waals surface area contributed by atoms with Crippen LogP contribution in [0.25, 0.3) is 11.3 Å². The largest absolute Gasteiger partial charge is 0.496 e. The van der Waals surface area contributed by atoms with E-state index in [9.17, 15) is 4.79 Å². The van der Waals surface area contributed by atoms with Crippen molar-refractivity contribution in [2.75, 3.05) is 26.8 Å². The van der Waals surface area contributed by atoms with Crippen LogP contribution in [0.1, 0.15) is 52.9 Å². The molecule has 0 saturated heterocycles. The number of methoxy groups -OCH3 is 1. The summed E-state index contributed by atoms with van der Waals surface area (Å²) in [6, 6.07) is 6.95. The van der Waals surface area contributed by atoms with Gasteiger partial charge in [0.2, 0.25) is 0 Å². The van der Waals surface area contributed by atoms with Crippen molar-refractivity contribution in [3.05, 3.63) is 24.3 Å². The first-order valence-corrected chi connectivity index (χ1v) is 10.5. The molecule has 1 heterocycles. The lowest BCUT2D eigenvalue weighted by molar-refractivity contribution is 0.205. The number of hydrogen-bond acceptors (Lipinski definition) is 5. The van der Waals surface area contributed by atoms with E-state index in [4.69, 9.17) is 19.7 Å². The third-order valence-corrected chi connectivity index (χ3v) is 5.20. The van der Waals surface area contributed by atoms with Gasteiger partial charge in [-0.05, 0) is 43.5 Å². The summed E-state index contributed by atoms with van der Waals surface area (Å²) in [6.45, 7) is 7.93. The van der Waals surface area contributed by atoms with Gasteiger partial charge in [0.05, 0.1) is 38.4 Å². The van der Waals surface area contributed by atoms with E-state index in [-0.39, 0.29) is 4.48 Å². The number of rotatable bonds is 12. The highest BCUT2D eigenvalue weighted by Gasteiger charge is 2.39. The minimum absolute atomic E-state index is 0.0206. The van der Waals surface area contributed by atoms with Gasteiger partial charge in [-0.25, -0.2) is 4.79 Å². The van der Waals surface area contributed by atoms with E-state index in [1.807, 2.05) is 25.1 Å². The molecule has 7 heteroatoms. The highest BCUT2D eigenvalue weighted by Crippen LogP contribution is 2.36. The number of ether oxygens (including phenoxy) is 2. The number of urea groups is 1. The molecule has 0 aliphatic carbocycles. The lowest BCUT2D eigenvalue weighted by Crippen LogP contribution is -2.57. The summed E-state index contributed by atoms with van der Waals surface area (Å²) >= 11 is 0. The van der Waals surface area contributed by atoms with Crippen LogP contribution in [-0.2, 0) is 0 Å². The minimum Gasteiger partial charge on any atom is -0.496 e. The van der Waals surface area contributed by atoms with Crippen LogP contribution >= 0.6 is 0 Å². The number of primary amides is 1. The number of nitrogens with zero attached hydrogens (tertiary/aromatic N) is 2. The average molecular weight is 405 g/mol. The zero-order valence-electron chi connectivity index (χ0n) is 18.1. The second-order valence-electron chi connectivity index (χ2n) is 7.17. The zero-order chi connectivity index (χ0) is 21.3. The fraction of sp³-hybridized carbons (Fsp3) is 0.545. The van der Waals surface area contributed by atoms with Crippen molar-refractivity contribution in [1.82, 2.24) is 9.64 Å². The summed E-state index contributed by atoms with van der Waals surface area (Å²) in [6.07, 6.45) is 5.16. The first-order chi connectivity index (χ1) is 14.0. The van der Waals surface area contributed by atoms with Crippen LogP contribution in [-0.4, -0.2) is 38.0 Å². The molecule has 2 N–H and O–H groups in total. The van der Waals surface area contributed by atoms with Gasteiger partial charge >= 0.3 is 6.03 Å². The molecule has 29 heavy (non-hydrogen) atoms. The SMILES string of the molecule is CCCCCC[N+](CC)(C(N)=O)c1cc(-c2ccc(OCCC)cc2OC)on1. The molecule has 2 amide bonds. The smallest absolute Gasteiger partial charge is 0.420 e. The van der Waals surface area contributed by atoms with E-state index in [1.54, 1.807) is 13.2 Å². The Morgan fingerprint density at radius 2 is 1.93 bits per heavy atom. The van der Waals surface area contributed by atoms with Crippen LogP contribution < -0.4 is 19.7 Å². The molecule has 2 aromatic rings. The van der Waals surface area contributed by atoms with Crippen molar-refractivity contribution in [1.29, 1.82) is 0 Å². The van der Waals surface area contributed by atoms with Crippen LogP contribution in [0.5, 0.6) is 11.5 Å². The normalized spacial score (nSPS) is 13.1. The number of nitrogens with two attached hydrogens (primary N) is 1. The molecular weight excluding hydrogens is 370 g/mol. The molecule has 1 aromatic heterocycles. The average Bonchev–Trinajstić information content (AvgIpc) is 3.22. The van der Waals surface area contributed by atoms with Gasteiger partial charge in [0.15, 0.2) is 5.76 Å². The molecule has 0 fully saturated rings. The van der Waals surface area contributed by atoms with Gasteiger partial charge in [-0.2, -0.15) is 4.48 Å². The molecule has 0 bridgehead atoms. The summed E-state index contributed by atoms with van der Waals surface area (Å²) in [4.78, 5) is 12.4. The predicted octanol–water partition coefficient (Wildman–Crippen LogP) is 5.13. The standard InChI is InChI=1S/C22H33N3O4/c1-5-8-9-10-13-25(7-3,22(23)26)21-16-20(29-24-21)18-12-11-17(28-14-6-2)15-19(18)27-4/h11-12,15-16H,5-10,13-14H2,1-4H3,(H-,23,26)/p+1. The molecule has 0 spiro atoms. The summed E-state index contributed by atoms with van der Waals surface area (Å²) < 4.78 is 16.8. The fourth-order valence-corrected chi connectivity index (χ4v) is 3.40. The number of aromatic nitrogens is 1. The van der Waals surface area contributed by atoms with Crippen LogP contribution in [0.2, 0.25) is 0 Å². The summed E-state index contributed by atoms with van der Waals surface area (Å²) in [7, 11) is 1.60. The van der Waals surface area contributed by atoms with E-state index in [2.05, 4.69) is 19.0 Å². The zero-order valence-corrected chi connectivity index (χ0v) is 18.1. The molecule has 0 aliphatic heterocycles. The maximum absolute atomic E-state index is 12.4. The van der Waals surface area contributed by atoms with Gasteiger partial charge in [0.25, 0.3) is 5.82 Å². The number of quaternary nitrogens is 1. The van der Waals surface area contributed by atoms with Gasteiger partial charge in [-0.3, -0.25) is 0 Å². The highest BCUT2D eigenvalue weighted by molar-refractivity contribution is 5.85. The molecule has 160 valence electrons. The molecule has 1 unspecified atom stereocenters. The maximum Gasteiger partial charge on any atom is 0.420 e. The van der Waals surface area contributed by atoms with Gasteiger partial charge < -0.3 is 19.7 Å². The maximum atomic E-state index is 12.4. The van der Waals surface area contributed by atoms with Gasteiger partial charge in [0, 0.05) is 6.07 Å². The molecular formula is C22H34N3O4+. The molecule has 1 aromatic carbocycles. The van der Waals surface area contributed by atoms with Gasteiger partial charge in [0.1, 0.15) is 11.5 Å². The van der Waals surface area contributed by atoms with Crippen LogP contribution in [0, 0.1) is 0 Å². The molecule has 0 radical (unpaired) electrons. The molecule has 0 aliphatic rings. The van der Waals surface area contributed by atoms with Crippen molar-refractivity contribution < 1.29 is 18.8 Å². The number of amides is 2. The summed E-state index contributed by atoms with van der Waals surface area (Å²) in [5.41, 5.74) is 6.56. The fourth-order valence-electron chi connectivity index (χ4n) is 3.40. The summed E-state index contributed by atoms with van der Waals surface area (Å²) in [5, 5.41) is 4.21. The predicted molar refractivity (Wildman–Crippen MR) is 115 cm³/mol. The number of hydrogen-bond donors (Lipinski definition) is 1. The number of carbonyl (C=O) groups is 1. The van der Waals surface area contributed by atoms with E-state index in [0.29, 0.717) is 37.0 Å². The first kappa shape index (κ1) is 22.7. The Hall–Kier alpha value is -2.54. The molecule has 2 rings (SSSR count). The second-order valence-corrected chi connectivity index (χ2v) is 7.17. The third-order valence-electron chi connectivity index (χ3n) is 5.20. The van der Waals surface area contributed by atoms with Crippen molar-refractivity contribution in [3.8, 4) is 22.8 Å². The summed E-state index contributed by atoms with van der Waals surface area (Å²) in [5.74, 6) is 2.42. The highest BCUT2D eigenvalue weighted by atomic mass is 16.5. The number of carbonyl (C=O) groups excluding carboxylic acids is 1. The lowest BCUT2D eigenvalue weighted by Gasteiger charge is -2.29. The Labute approximate surface area is 173 Å². The Bertz CT molecular complexity index is 790. The van der Waals surface area contributed by atoms with E-state index in [1.165, 1.54) is 0 Å². The van der Waals surface area contributed by atoms with Crippen LogP contribution in [0.3, 0.4) is 0 Å². The van der Waals surface area contributed by atoms with E-state index >= 15 is 0 Å². The van der Waals surface area contributed by atoms with Gasteiger partial charge in [-0.15, -0.1) is 0 Å². The van der Waals surface area contributed by atoms with Crippen molar-refractivity contribution in [2.24, 2.45) is 5.73 Å². The van der Waals surface area contributed by atoms with Crippen molar-refractivity contribution in [2.45, 2.75) is 52.9 Å². The second kappa shape index (κ2) is 10.9. The number of unbranched alkanes of at least 4 members (excludes halogenated alkanes) is 3. The minimum atomic E-state index is -0.417. The van der Waals surface area contributed by atoms with Crippen LogP contribution in [0.4, 0.5) is 10.6 Å². The Morgan fingerprint density at radius 3 is 2.55 bits per heavy atom. The quantitative estimate of drug-likeness (QED) is 0.392. The Kier molecular flexibility index (Phi) is 8.51. The lowest BCUT2D eigenvalue weighted by atomic mass is 10.1. The first-order valence-electron chi connectivity index (χ1n) is 10.5. The Balaban J connectivity index is 2.32. The molecule has 7 nitrogen and oxygen atoms in total. The van der Waals surface area contributed by atoms with Crippen LogP contribution in [0.15, 0.2) is 28.8 Å². The topological polar surface area (TPSA) is 87.6 Å². The van der Waals surface area contributed by atoms with Crippen molar-refractivity contribution >= 4 is 11.8 Å². The van der Waals surface area contributed by atoms with E-state index < -0.39 is 6.03 Å².